The van der Waals surface area contributed by atoms with E-state index in [1.165, 1.54) is 0 Å². The van der Waals surface area contributed by atoms with Crippen molar-refractivity contribution in [1.82, 2.24) is 15.1 Å². The monoisotopic (exact) mass is 268 g/mol. The third-order valence-electron chi connectivity index (χ3n) is 2.85. The number of amides is 1. The van der Waals surface area contributed by atoms with Crippen molar-refractivity contribution >= 4 is 22.8 Å². The first-order chi connectivity index (χ1) is 9.72. The van der Waals surface area contributed by atoms with E-state index in [2.05, 4.69) is 20.4 Å². The second-order valence-corrected chi connectivity index (χ2v) is 4.43. The Kier molecular flexibility index (Phi) is 3.12. The van der Waals surface area contributed by atoms with Crippen LogP contribution in [0.4, 0.5) is 5.95 Å². The van der Waals surface area contributed by atoms with Crippen LogP contribution in [0.2, 0.25) is 0 Å². The molecule has 1 N–H and O–H groups in total. The number of fused-ring (bicyclic) bond motifs is 1. The Morgan fingerprint density at radius 2 is 2.10 bits per heavy atom. The summed E-state index contributed by atoms with van der Waals surface area (Å²) in [6.07, 6.45) is 3.25. The number of hydrogen-bond acceptors (Lipinski definition) is 5. The van der Waals surface area contributed by atoms with Gasteiger partial charge in [0.05, 0.1) is 6.42 Å². The van der Waals surface area contributed by atoms with Crippen molar-refractivity contribution in [3.8, 4) is 0 Å². The Morgan fingerprint density at radius 3 is 2.90 bits per heavy atom. The molecule has 20 heavy (non-hydrogen) atoms. The first-order valence-corrected chi connectivity index (χ1v) is 6.14. The van der Waals surface area contributed by atoms with Gasteiger partial charge in [-0.3, -0.25) is 10.1 Å². The first-order valence-electron chi connectivity index (χ1n) is 6.14. The summed E-state index contributed by atoms with van der Waals surface area (Å²) in [6, 6.07) is 7.42. The van der Waals surface area contributed by atoms with Crippen molar-refractivity contribution in [2.45, 2.75) is 13.3 Å². The van der Waals surface area contributed by atoms with Crippen LogP contribution in [0, 0.1) is 6.92 Å². The van der Waals surface area contributed by atoms with Gasteiger partial charge in [0.15, 0.2) is 5.58 Å². The minimum Gasteiger partial charge on any atom is -0.356 e. The molecule has 0 saturated heterocycles. The highest BCUT2D eigenvalue weighted by molar-refractivity contribution is 5.93. The number of nitrogens with one attached hydrogen (secondary N) is 1. The zero-order chi connectivity index (χ0) is 13.9. The maximum atomic E-state index is 11.9. The minimum absolute atomic E-state index is 0.120. The largest absolute Gasteiger partial charge is 0.356 e. The molecule has 1 aromatic carbocycles. The summed E-state index contributed by atoms with van der Waals surface area (Å²) in [4.78, 5) is 19.8. The van der Waals surface area contributed by atoms with Crippen molar-refractivity contribution in [3.05, 3.63) is 47.9 Å². The molecule has 0 bridgehead atoms. The Bertz CT molecular complexity index is 752. The van der Waals surface area contributed by atoms with Gasteiger partial charge in [0.25, 0.3) is 0 Å². The Hall–Kier alpha value is -2.76. The van der Waals surface area contributed by atoms with Gasteiger partial charge in [0.2, 0.25) is 11.9 Å². The van der Waals surface area contributed by atoms with Crippen LogP contribution in [0.3, 0.4) is 0 Å². The number of anilines is 1. The molecule has 6 nitrogen and oxygen atoms in total. The number of aromatic nitrogens is 3. The molecule has 2 aromatic heterocycles. The smallest absolute Gasteiger partial charge is 0.232 e. The summed E-state index contributed by atoms with van der Waals surface area (Å²) in [6.45, 7) is 1.98. The highest BCUT2D eigenvalue weighted by Gasteiger charge is 2.13. The Balaban J connectivity index is 1.79. The molecule has 0 atom stereocenters. The standard InChI is InChI=1S/C14H12N4O2/c1-9-3-4-12-10(7-9)11(18-20-12)8-13(19)17-14-15-5-2-6-16-14/h2-7H,8H2,1H3,(H,15,16,17,19). The lowest BCUT2D eigenvalue weighted by Crippen LogP contribution is -2.16. The van der Waals surface area contributed by atoms with E-state index in [9.17, 15) is 4.79 Å². The Morgan fingerprint density at radius 1 is 1.30 bits per heavy atom. The third-order valence-corrected chi connectivity index (χ3v) is 2.85. The van der Waals surface area contributed by atoms with E-state index in [4.69, 9.17) is 4.52 Å². The van der Waals surface area contributed by atoms with Gasteiger partial charge in [0, 0.05) is 17.8 Å². The lowest BCUT2D eigenvalue weighted by atomic mass is 10.1. The van der Waals surface area contributed by atoms with Crippen molar-refractivity contribution in [3.63, 3.8) is 0 Å². The van der Waals surface area contributed by atoms with Crippen LogP contribution in [-0.4, -0.2) is 21.0 Å². The predicted octanol–water partition coefficient (Wildman–Crippen LogP) is 2.11. The highest BCUT2D eigenvalue weighted by atomic mass is 16.5. The molecule has 0 aliphatic rings. The summed E-state index contributed by atoms with van der Waals surface area (Å²) < 4.78 is 5.19. The number of hydrogen-bond donors (Lipinski definition) is 1. The van der Waals surface area contributed by atoms with Crippen molar-refractivity contribution in [2.75, 3.05) is 5.32 Å². The zero-order valence-corrected chi connectivity index (χ0v) is 10.8. The molecule has 0 unspecified atom stereocenters. The number of carbonyl (C=O) groups is 1. The van der Waals surface area contributed by atoms with Crippen molar-refractivity contribution in [1.29, 1.82) is 0 Å². The molecule has 2 heterocycles. The topological polar surface area (TPSA) is 80.9 Å². The summed E-state index contributed by atoms with van der Waals surface area (Å²) in [5.74, 6) is 0.0504. The molecule has 100 valence electrons. The zero-order valence-electron chi connectivity index (χ0n) is 10.8. The van der Waals surface area contributed by atoms with Gasteiger partial charge in [-0.1, -0.05) is 16.8 Å². The number of carbonyl (C=O) groups excluding carboxylic acids is 1. The van der Waals surface area contributed by atoms with Crippen molar-refractivity contribution < 1.29 is 9.32 Å². The number of rotatable bonds is 3. The molecule has 0 aliphatic carbocycles. The van der Waals surface area contributed by atoms with Gasteiger partial charge in [0.1, 0.15) is 5.69 Å². The van der Waals surface area contributed by atoms with Gasteiger partial charge < -0.3 is 4.52 Å². The van der Waals surface area contributed by atoms with Gasteiger partial charge in [-0.05, 0) is 25.1 Å². The average molecular weight is 268 g/mol. The molecule has 0 spiro atoms. The normalized spacial score (nSPS) is 10.7. The van der Waals surface area contributed by atoms with Crippen molar-refractivity contribution in [2.24, 2.45) is 0 Å². The molecule has 6 heteroatoms. The van der Waals surface area contributed by atoms with Gasteiger partial charge in [-0.15, -0.1) is 0 Å². The molecular weight excluding hydrogens is 256 g/mol. The van der Waals surface area contributed by atoms with E-state index in [1.54, 1.807) is 18.5 Å². The molecule has 0 aliphatic heterocycles. The molecule has 0 saturated carbocycles. The maximum absolute atomic E-state index is 11.9. The molecular formula is C14H12N4O2. The van der Waals surface area contributed by atoms with E-state index in [-0.39, 0.29) is 18.3 Å². The molecule has 0 radical (unpaired) electrons. The molecule has 3 rings (SSSR count). The van der Waals surface area contributed by atoms with E-state index < -0.39 is 0 Å². The first kappa shape index (κ1) is 12.3. The van der Waals surface area contributed by atoms with E-state index >= 15 is 0 Å². The molecule has 1 amide bonds. The summed E-state index contributed by atoms with van der Waals surface area (Å²) in [5.41, 5.74) is 2.38. The van der Waals surface area contributed by atoms with Gasteiger partial charge in [-0.25, -0.2) is 9.97 Å². The Labute approximate surface area is 114 Å². The van der Waals surface area contributed by atoms with Crippen LogP contribution >= 0.6 is 0 Å². The van der Waals surface area contributed by atoms with Crippen LogP contribution in [0.1, 0.15) is 11.3 Å². The third kappa shape index (κ3) is 2.49. The average Bonchev–Trinajstić information content (AvgIpc) is 2.82. The fraction of sp³-hybridized carbons (Fsp3) is 0.143. The summed E-state index contributed by atoms with van der Waals surface area (Å²) in [7, 11) is 0. The van der Waals surface area contributed by atoms with Crippen LogP contribution in [-0.2, 0) is 11.2 Å². The van der Waals surface area contributed by atoms with Crippen LogP contribution < -0.4 is 5.32 Å². The van der Waals surface area contributed by atoms with E-state index in [1.807, 2.05) is 25.1 Å². The van der Waals surface area contributed by atoms with E-state index in [0.29, 0.717) is 11.3 Å². The summed E-state index contributed by atoms with van der Waals surface area (Å²) >= 11 is 0. The lowest BCUT2D eigenvalue weighted by Gasteiger charge is -2.01. The highest BCUT2D eigenvalue weighted by Crippen LogP contribution is 2.20. The maximum Gasteiger partial charge on any atom is 0.232 e. The molecule has 0 fully saturated rings. The fourth-order valence-corrected chi connectivity index (χ4v) is 1.91. The number of aryl methyl sites for hydroxylation is 1. The minimum atomic E-state index is -0.229. The summed E-state index contributed by atoms with van der Waals surface area (Å²) in [5, 5.41) is 7.41. The fourth-order valence-electron chi connectivity index (χ4n) is 1.91. The number of nitrogens with zero attached hydrogens (tertiary/aromatic N) is 3. The second-order valence-electron chi connectivity index (χ2n) is 4.43. The van der Waals surface area contributed by atoms with Crippen LogP contribution in [0.5, 0.6) is 0 Å². The predicted molar refractivity (Wildman–Crippen MR) is 73.1 cm³/mol. The van der Waals surface area contributed by atoms with E-state index in [0.717, 1.165) is 10.9 Å². The quantitative estimate of drug-likeness (QED) is 0.786. The lowest BCUT2D eigenvalue weighted by molar-refractivity contribution is -0.115. The van der Waals surface area contributed by atoms with Crippen LogP contribution in [0.25, 0.3) is 11.0 Å². The van der Waals surface area contributed by atoms with Gasteiger partial charge in [-0.2, -0.15) is 0 Å². The van der Waals surface area contributed by atoms with Gasteiger partial charge >= 0.3 is 0 Å². The molecule has 3 aromatic rings. The SMILES string of the molecule is Cc1ccc2onc(CC(=O)Nc3ncccn3)c2c1. The second kappa shape index (κ2) is 5.08. The van der Waals surface area contributed by atoms with Crippen LogP contribution in [0.15, 0.2) is 41.2 Å². The number of benzene rings is 1.